The molecule has 0 fully saturated rings. The van der Waals surface area contributed by atoms with Gasteiger partial charge in [-0.05, 0) is 43.0 Å². The first-order chi connectivity index (χ1) is 9.18. The van der Waals surface area contributed by atoms with Crippen LogP contribution in [0.25, 0.3) is 0 Å². The Bertz CT molecular complexity index is 559. The molecule has 0 amide bonds. The molecule has 1 aromatic carbocycles. The Morgan fingerprint density at radius 1 is 1.30 bits per heavy atom. The van der Waals surface area contributed by atoms with Gasteiger partial charge < -0.3 is 5.73 Å². The van der Waals surface area contributed by atoms with Gasteiger partial charge in [-0.1, -0.05) is 13.8 Å². The van der Waals surface area contributed by atoms with E-state index in [1.165, 1.54) is 0 Å². The molecule has 3 N–H and O–H groups in total. The van der Waals surface area contributed by atoms with Crippen LogP contribution in [0.15, 0.2) is 23.1 Å². The molecular formula is C13H20F2N2O2S. The average molecular weight is 306 g/mol. The predicted molar refractivity (Wildman–Crippen MR) is 73.6 cm³/mol. The van der Waals surface area contributed by atoms with Gasteiger partial charge in [0.2, 0.25) is 10.0 Å². The van der Waals surface area contributed by atoms with E-state index in [2.05, 4.69) is 4.72 Å². The Labute approximate surface area is 118 Å². The summed E-state index contributed by atoms with van der Waals surface area (Å²) in [5.74, 6) is -1.77. The highest BCUT2D eigenvalue weighted by molar-refractivity contribution is 7.89. The molecule has 0 spiro atoms. The molecule has 20 heavy (non-hydrogen) atoms. The predicted octanol–water partition coefficient (Wildman–Crippen LogP) is 2.01. The summed E-state index contributed by atoms with van der Waals surface area (Å²) in [6.07, 6.45) is 1.50. The minimum absolute atomic E-state index is 0.130. The van der Waals surface area contributed by atoms with Crippen molar-refractivity contribution in [1.82, 2.24) is 4.72 Å². The highest BCUT2D eigenvalue weighted by Crippen LogP contribution is 2.22. The largest absolute Gasteiger partial charge is 0.330 e. The first-order valence-electron chi connectivity index (χ1n) is 6.33. The van der Waals surface area contributed by atoms with Gasteiger partial charge in [0.25, 0.3) is 0 Å². The normalized spacial score (nSPS) is 12.7. The van der Waals surface area contributed by atoms with E-state index in [1.54, 1.807) is 0 Å². The summed E-state index contributed by atoms with van der Waals surface area (Å²) >= 11 is 0. The van der Waals surface area contributed by atoms with E-state index in [9.17, 15) is 17.2 Å². The molecular weight excluding hydrogens is 286 g/mol. The van der Waals surface area contributed by atoms with Crippen molar-refractivity contribution < 1.29 is 17.2 Å². The molecule has 0 atom stereocenters. The minimum atomic E-state index is -4.07. The zero-order valence-corrected chi connectivity index (χ0v) is 12.4. The van der Waals surface area contributed by atoms with Crippen molar-refractivity contribution in [3.8, 4) is 0 Å². The molecule has 0 bridgehead atoms. The van der Waals surface area contributed by atoms with Crippen molar-refractivity contribution in [2.75, 3.05) is 13.1 Å². The van der Waals surface area contributed by atoms with Crippen molar-refractivity contribution in [2.45, 2.75) is 31.6 Å². The standard InChI is InChI=1S/C13H20F2N2O2S/c1-13(2,6-3-7-16)9-17-20(18,19)12-8-10(14)4-5-11(12)15/h4-5,8,17H,3,6-7,9,16H2,1-2H3. The number of nitrogens with one attached hydrogen (secondary N) is 1. The van der Waals surface area contributed by atoms with E-state index >= 15 is 0 Å². The van der Waals surface area contributed by atoms with Crippen LogP contribution in [-0.2, 0) is 10.0 Å². The third-order valence-electron chi connectivity index (χ3n) is 2.98. The summed E-state index contributed by atoms with van der Waals surface area (Å²) in [6, 6.07) is 2.34. The van der Waals surface area contributed by atoms with Gasteiger partial charge in [-0.25, -0.2) is 21.9 Å². The molecule has 0 unspecified atom stereocenters. The maximum Gasteiger partial charge on any atom is 0.243 e. The number of hydrogen-bond acceptors (Lipinski definition) is 3. The number of rotatable bonds is 7. The Morgan fingerprint density at radius 2 is 1.95 bits per heavy atom. The van der Waals surface area contributed by atoms with Crippen LogP contribution in [0.3, 0.4) is 0 Å². The van der Waals surface area contributed by atoms with Gasteiger partial charge in [0, 0.05) is 6.54 Å². The van der Waals surface area contributed by atoms with Crippen molar-refractivity contribution >= 4 is 10.0 Å². The summed E-state index contributed by atoms with van der Waals surface area (Å²) in [5.41, 5.74) is 5.11. The molecule has 7 heteroatoms. The van der Waals surface area contributed by atoms with Gasteiger partial charge in [0.1, 0.15) is 16.5 Å². The molecule has 0 aromatic heterocycles. The van der Waals surface area contributed by atoms with Crippen LogP contribution in [0.4, 0.5) is 8.78 Å². The van der Waals surface area contributed by atoms with Crippen LogP contribution in [0, 0.1) is 17.0 Å². The lowest BCUT2D eigenvalue weighted by molar-refractivity contribution is 0.327. The fourth-order valence-electron chi connectivity index (χ4n) is 1.72. The molecule has 1 aromatic rings. The summed E-state index contributed by atoms with van der Waals surface area (Å²) in [4.78, 5) is -0.674. The molecule has 0 saturated heterocycles. The van der Waals surface area contributed by atoms with Gasteiger partial charge in [-0.15, -0.1) is 0 Å². The molecule has 1 rings (SSSR count). The van der Waals surface area contributed by atoms with Gasteiger partial charge in [0.05, 0.1) is 0 Å². The van der Waals surface area contributed by atoms with E-state index in [4.69, 9.17) is 5.73 Å². The first kappa shape index (κ1) is 17.0. The molecule has 0 aliphatic heterocycles. The lowest BCUT2D eigenvalue weighted by Gasteiger charge is -2.24. The van der Waals surface area contributed by atoms with Crippen molar-refractivity contribution in [3.05, 3.63) is 29.8 Å². The Kier molecular flexibility index (Phi) is 5.61. The van der Waals surface area contributed by atoms with E-state index < -0.39 is 26.6 Å². The fraction of sp³-hybridized carbons (Fsp3) is 0.538. The third kappa shape index (κ3) is 4.81. The monoisotopic (exact) mass is 306 g/mol. The second-order valence-corrected chi connectivity index (χ2v) is 7.19. The quantitative estimate of drug-likeness (QED) is 0.809. The Balaban J connectivity index is 2.83. The fourth-order valence-corrected chi connectivity index (χ4v) is 3.05. The van der Waals surface area contributed by atoms with Crippen LogP contribution >= 0.6 is 0 Å². The second kappa shape index (κ2) is 6.60. The highest BCUT2D eigenvalue weighted by Gasteiger charge is 2.24. The molecule has 0 saturated carbocycles. The van der Waals surface area contributed by atoms with Crippen LogP contribution < -0.4 is 10.5 Å². The van der Waals surface area contributed by atoms with Crippen molar-refractivity contribution in [2.24, 2.45) is 11.1 Å². The Hall–Kier alpha value is -1.05. The lowest BCUT2D eigenvalue weighted by Crippen LogP contribution is -2.34. The minimum Gasteiger partial charge on any atom is -0.330 e. The zero-order chi connectivity index (χ0) is 15.4. The average Bonchev–Trinajstić information content (AvgIpc) is 2.37. The number of hydrogen-bond donors (Lipinski definition) is 2. The summed E-state index contributed by atoms with van der Waals surface area (Å²) in [5, 5.41) is 0. The number of nitrogens with two attached hydrogens (primary N) is 1. The molecule has 0 aliphatic rings. The number of benzene rings is 1. The second-order valence-electron chi connectivity index (χ2n) is 5.46. The topological polar surface area (TPSA) is 72.2 Å². The molecule has 0 heterocycles. The molecule has 114 valence electrons. The van der Waals surface area contributed by atoms with Crippen molar-refractivity contribution in [1.29, 1.82) is 0 Å². The smallest absolute Gasteiger partial charge is 0.243 e. The molecule has 0 radical (unpaired) electrons. The van der Waals surface area contributed by atoms with Gasteiger partial charge in [-0.3, -0.25) is 0 Å². The summed E-state index contributed by atoms with van der Waals surface area (Å²) in [7, 11) is -4.07. The van der Waals surface area contributed by atoms with Crippen LogP contribution in [0.1, 0.15) is 26.7 Å². The van der Waals surface area contributed by atoms with E-state index in [-0.39, 0.29) is 12.0 Å². The Morgan fingerprint density at radius 3 is 2.55 bits per heavy atom. The first-order valence-corrected chi connectivity index (χ1v) is 7.81. The number of halogens is 2. The maximum atomic E-state index is 13.5. The SMILES string of the molecule is CC(C)(CCCN)CNS(=O)(=O)c1cc(F)ccc1F. The maximum absolute atomic E-state index is 13.5. The van der Waals surface area contributed by atoms with Gasteiger partial charge >= 0.3 is 0 Å². The van der Waals surface area contributed by atoms with Crippen LogP contribution in [0.5, 0.6) is 0 Å². The van der Waals surface area contributed by atoms with E-state index in [0.717, 1.165) is 25.0 Å². The summed E-state index contributed by atoms with van der Waals surface area (Å²) < 4.78 is 52.8. The lowest BCUT2D eigenvalue weighted by atomic mass is 9.88. The van der Waals surface area contributed by atoms with Gasteiger partial charge in [-0.2, -0.15) is 0 Å². The molecule has 0 aliphatic carbocycles. The van der Waals surface area contributed by atoms with E-state index in [1.807, 2.05) is 13.8 Å². The summed E-state index contributed by atoms with van der Waals surface area (Å²) in [6.45, 7) is 4.42. The van der Waals surface area contributed by atoms with Gasteiger partial charge in [0.15, 0.2) is 0 Å². The highest BCUT2D eigenvalue weighted by atomic mass is 32.2. The van der Waals surface area contributed by atoms with Crippen molar-refractivity contribution in [3.63, 3.8) is 0 Å². The zero-order valence-electron chi connectivity index (χ0n) is 11.6. The molecule has 4 nitrogen and oxygen atoms in total. The van der Waals surface area contributed by atoms with Crippen LogP contribution in [0.2, 0.25) is 0 Å². The third-order valence-corrected chi connectivity index (χ3v) is 4.40. The van der Waals surface area contributed by atoms with E-state index in [0.29, 0.717) is 12.6 Å². The number of sulfonamides is 1. The van der Waals surface area contributed by atoms with Crippen LogP contribution in [-0.4, -0.2) is 21.5 Å².